The summed E-state index contributed by atoms with van der Waals surface area (Å²) in [4.78, 5) is 15.0. The number of halogens is 1. The van der Waals surface area contributed by atoms with Gasteiger partial charge in [-0.05, 0) is 49.7 Å². The van der Waals surface area contributed by atoms with Gasteiger partial charge in [0, 0.05) is 30.2 Å². The smallest absolute Gasteiger partial charge is 0.251 e. The number of amides is 1. The minimum atomic E-state index is -0.110. The van der Waals surface area contributed by atoms with E-state index < -0.39 is 0 Å². The van der Waals surface area contributed by atoms with Crippen LogP contribution in [0.4, 0.5) is 0 Å². The van der Waals surface area contributed by atoms with Crippen LogP contribution in [0.2, 0.25) is 5.02 Å². The van der Waals surface area contributed by atoms with Crippen molar-refractivity contribution in [3.05, 3.63) is 64.7 Å². The second-order valence-corrected chi connectivity index (χ2v) is 7.49. The van der Waals surface area contributed by atoms with Crippen molar-refractivity contribution in [2.24, 2.45) is 0 Å². The van der Waals surface area contributed by atoms with E-state index >= 15 is 0 Å². The van der Waals surface area contributed by atoms with Crippen molar-refractivity contribution >= 4 is 17.5 Å². The molecule has 0 spiro atoms. The molecule has 0 aliphatic carbocycles. The van der Waals surface area contributed by atoms with E-state index in [9.17, 15) is 4.79 Å². The van der Waals surface area contributed by atoms with Gasteiger partial charge in [0.1, 0.15) is 5.75 Å². The molecule has 1 aliphatic rings. The summed E-state index contributed by atoms with van der Waals surface area (Å²) < 4.78 is 11.1. The summed E-state index contributed by atoms with van der Waals surface area (Å²) in [5.74, 6) is 0.648. The number of nitrogens with zero attached hydrogens (tertiary/aromatic N) is 1. The average molecular weight is 403 g/mol. The van der Waals surface area contributed by atoms with Crippen LogP contribution in [0.3, 0.4) is 0 Å². The Morgan fingerprint density at radius 2 is 1.82 bits per heavy atom. The van der Waals surface area contributed by atoms with Gasteiger partial charge in [-0.15, -0.1) is 0 Å². The predicted octanol–water partition coefficient (Wildman–Crippen LogP) is 3.93. The van der Waals surface area contributed by atoms with Crippen molar-refractivity contribution in [3.8, 4) is 5.75 Å². The third-order valence-electron chi connectivity index (χ3n) is 4.69. The van der Waals surface area contributed by atoms with E-state index in [1.54, 1.807) is 12.1 Å². The van der Waals surface area contributed by atoms with E-state index in [0.29, 0.717) is 30.3 Å². The second kappa shape index (κ2) is 9.92. The van der Waals surface area contributed by atoms with Gasteiger partial charge in [0.15, 0.2) is 0 Å². The van der Waals surface area contributed by atoms with Gasteiger partial charge in [0.2, 0.25) is 0 Å². The molecule has 150 valence electrons. The molecular weight excluding hydrogens is 376 g/mol. The first-order chi connectivity index (χ1) is 13.5. The minimum absolute atomic E-state index is 0.00472. The standard InChI is InChI=1S/C22H27ClN2O3/c1-16(2)28-18-9-7-17(8-10-18)22(26)24-15-21(25-11-13-27-14-12-25)19-5-3-4-6-20(19)23/h3-10,16,21H,11-15H2,1-2H3,(H,24,26)/t21-/m0/s1. The Morgan fingerprint density at radius 1 is 1.14 bits per heavy atom. The molecule has 2 aromatic rings. The van der Waals surface area contributed by atoms with Gasteiger partial charge in [-0.3, -0.25) is 9.69 Å². The number of nitrogens with one attached hydrogen (secondary N) is 1. The number of rotatable bonds is 7. The zero-order valence-electron chi connectivity index (χ0n) is 16.4. The second-order valence-electron chi connectivity index (χ2n) is 7.09. The van der Waals surface area contributed by atoms with Crippen LogP contribution in [0.25, 0.3) is 0 Å². The zero-order chi connectivity index (χ0) is 19.9. The minimum Gasteiger partial charge on any atom is -0.491 e. The first kappa shape index (κ1) is 20.6. The Bertz CT molecular complexity index is 774. The van der Waals surface area contributed by atoms with Crippen LogP contribution in [0.1, 0.15) is 35.8 Å². The third-order valence-corrected chi connectivity index (χ3v) is 5.04. The first-order valence-electron chi connectivity index (χ1n) is 9.65. The summed E-state index contributed by atoms with van der Waals surface area (Å²) in [6, 6.07) is 15.0. The van der Waals surface area contributed by atoms with E-state index in [2.05, 4.69) is 10.2 Å². The van der Waals surface area contributed by atoms with Gasteiger partial charge >= 0.3 is 0 Å². The molecule has 2 aromatic carbocycles. The zero-order valence-corrected chi connectivity index (χ0v) is 17.1. The van der Waals surface area contributed by atoms with Crippen LogP contribution in [0, 0.1) is 0 Å². The quantitative estimate of drug-likeness (QED) is 0.762. The van der Waals surface area contributed by atoms with Crippen LogP contribution in [0.5, 0.6) is 5.75 Å². The molecule has 0 radical (unpaired) electrons. The largest absolute Gasteiger partial charge is 0.491 e. The van der Waals surface area contributed by atoms with E-state index in [1.165, 1.54) is 0 Å². The Kier molecular flexibility index (Phi) is 7.31. The first-order valence-corrected chi connectivity index (χ1v) is 10.0. The van der Waals surface area contributed by atoms with E-state index in [-0.39, 0.29) is 18.1 Å². The Hall–Kier alpha value is -2.08. The predicted molar refractivity (Wildman–Crippen MR) is 111 cm³/mol. The molecule has 5 nitrogen and oxygen atoms in total. The van der Waals surface area contributed by atoms with Crippen LogP contribution in [0.15, 0.2) is 48.5 Å². The highest BCUT2D eigenvalue weighted by Crippen LogP contribution is 2.28. The molecule has 1 heterocycles. The van der Waals surface area contributed by atoms with Crippen molar-refractivity contribution < 1.29 is 14.3 Å². The highest BCUT2D eigenvalue weighted by atomic mass is 35.5. The fourth-order valence-electron chi connectivity index (χ4n) is 3.32. The number of benzene rings is 2. The lowest BCUT2D eigenvalue weighted by Crippen LogP contribution is -2.44. The van der Waals surface area contributed by atoms with E-state index in [4.69, 9.17) is 21.1 Å². The summed E-state index contributed by atoms with van der Waals surface area (Å²) in [6.45, 7) is 7.42. The maximum atomic E-state index is 12.7. The molecule has 1 aliphatic heterocycles. The monoisotopic (exact) mass is 402 g/mol. The molecule has 1 fully saturated rings. The maximum Gasteiger partial charge on any atom is 0.251 e. The number of carbonyl (C=O) groups is 1. The number of hydrogen-bond acceptors (Lipinski definition) is 4. The van der Waals surface area contributed by atoms with Gasteiger partial charge in [-0.25, -0.2) is 0 Å². The molecule has 0 saturated carbocycles. The molecule has 3 rings (SSSR count). The third kappa shape index (κ3) is 5.47. The molecule has 0 aromatic heterocycles. The molecule has 0 unspecified atom stereocenters. The highest BCUT2D eigenvalue weighted by Gasteiger charge is 2.25. The Labute approximate surface area is 171 Å². The summed E-state index contributed by atoms with van der Waals surface area (Å²) >= 11 is 6.44. The van der Waals surface area contributed by atoms with Crippen LogP contribution >= 0.6 is 11.6 Å². The lowest BCUT2D eigenvalue weighted by atomic mass is 10.0. The van der Waals surface area contributed by atoms with Gasteiger partial charge < -0.3 is 14.8 Å². The Balaban J connectivity index is 1.69. The van der Waals surface area contributed by atoms with Gasteiger partial charge in [-0.1, -0.05) is 29.8 Å². The lowest BCUT2D eigenvalue weighted by molar-refractivity contribution is 0.0162. The van der Waals surface area contributed by atoms with Crippen LogP contribution in [-0.2, 0) is 4.74 Å². The fraction of sp³-hybridized carbons (Fsp3) is 0.409. The highest BCUT2D eigenvalue weighted by molar-refractivity contribution is 6.31. The van der Waals surface area contributed by atoms with E-state index in [1.807, 2.05) is 50.2 Å². The molecule has 6 heteroatoms. The molecule has 28 heavy (non-hydrogen) atoms. The van der Waals surface area contributed by atoms with Crippen molar-refractivity contribution in [2.75, 3.05) is 32.8 Å². The lowest BCUT2D eigenvalue weighted by Gasteiger charge is -2.35. The molecule has 1 atom stereocenters. The SMILES string of the molecule is CC(C)Oc1ccc(C(=O)NC[C@@H](c2ccccc2Cl)N2CCOCC2)cc1. The van der Waals surface area contributed by atoms with Crippen molar-refractivity contribution in [1.29, 1.82) is 0 Å². The molecular formula is C22H27ClN2O3. The average Bonchev–Trinajstić information content (AvgIpc) is 2.70. The summed E-state index contributed by atoms with van der Waals surface area (Å²) in [7, 11) is 0. The van der Waals surface area contributed by atoms with Crippen molar-refractivity contribution in [3.63, 3.8) is 0 Å². The molecule has 1 saturated heterocycles. The Morgan fingerprint density at radius 3 is 2.46 bits per heavy atom. The van der Waals surface area contributed by atoms with Crippen LogP contribution < -0.4 is 10.1 Å². The molecule has 1 amide bonds. The van der Waals surface area contributed by atoms with Crippen molar-refractivity contribution in [1.82, 2.24) is 10.2 Å². The number of ether oxygens (including phenoxy) is 2. The van der Waals surface area contributed by atoms with Crippen molar-refractivity contribution in [2.45, 2.75) is 26.0 Å². The summed E-state index contributed by atoms with van der Waals surface area (Å²) in [5, 5.41) is 3.77. The summed E-state index contributed by atoms with van der Waals surface area (Å²) in [5.41, 5.74) is 1.63. The molecule has 0 bridgehead atoms. The van der Waals surface area contributed by atoms with Gasteiger partial charge in [0.25, 0.3) is 5.91 Å². The fourth-order valence-corrected chi connectivity index (χ4v) is 3.58. The van der Waals surface area contributed by atoms with Crippen LogP contribution in [-0.4, -0.2) is 49.8 Å². The molecule has 1 N–H and O–H groups in total. The number of hydrogen-bond donors (Lipinski definition) is 1. The van der Waals surface area contributed by atoms with E-state index in [0.717, 1.165) is 24.4 Å². The topological polar surface area (TPSA) is 50.8 Å². The van der Waals surface area contributed by atoms with Gasteiger partial charge in [0.05, 0.1) is 25.4 Å². The maximum absolute atomic E-state index is 12.7. The van der Waals surface area contributed by atoms with Gasteiger partial charge in [-0.2, -0.15) is 0 Å². The summed E-state index contributed by atoms with van der Waals surface area (Å²) in [6.07, 6.45) is 0.101. The number of morpholine rings is 1. The number of carbonyl (C=O) groups excluding carboxylic acids is 1. The normalized spacial score (nSPS) is 16.0.